The fourth-order valence-electron chi connectivity index (χ4n) is 4.61. The lowest BCUT2D eigenvalue weighted by Crippen LogP contribution is -2.34. The number of rotatable bonds is 8. The molecule has 2 heterocycles. The molecule has 1 aliphatic rings. The number of H-pyrrole nitrogens is 1. The molecular formula is C30H27FN4O5. The number of nitrogens with zero attached hydrogens (tertiary/aromatic N) is 2. The topological polar surface area (TPSA) is 125 Å². The molecule has 0 saturated carbocycles. The number of nitrogens with one attached hydrogen (secondary N) is 2. The molecule has 3 N–H and O–H groups in total. The van der Waals surface area contributed by atoms with Gasteiger partial charge in [-0.3, -0.25) is 14.4 Å². The standard InChI is InChI=1S/C30H27FN4O5/c31-22-13-11-19(12-14-22)16-32-28(37)25-26(36)29(38)34-27(33-25)24-15-23(40-18-20-7-3-1-4-8-20)17-35(24)30(39)21-9-5-2-6-10-21/h1-14,23-24,36H,15-18H2,(H,32,37)(H,33,34,38). The van der Waals surface area contributed by atoms with Crippen LogP contribution in [0.15, 0.2) is 89.7 Å². The van der Waals surface area contributed by atoms with Crippen molar-refractivity contribution in [1.29, 1.82) is 0 Å². The second kappa shape index (κ2) is 11.9. The van der Waals surface area contributed by atoms with Crippen molar-refractivity contribution < 1.29 is 23.8 Å². The van der Waals surface area contributed by atoms with Gasteiger partial charge in [0, 0.05) is 25.1 Å². The van der Waals surface area contributed by atoms with E-state index in [4.69, 9.17) is 4.74 Å². The predicted molar refractivity (Wildman–Crippen MR) is 144 cm³/mol. The van der Waals surface area contributed by atoms with Crippen LogP contribution in [0.3, 0.4) is 0 Å². The number of carbonyl (C=O) groups is 2. The lowest BCUT2D eigenvalue weighted by molar-refractivity contribution is 0.0437. The van der Waals surface area contributed by atoms with E-state index in [1.807, 2.05) is 30.3 Å². The number of aromatic nitrogens is 2. The predicted octanol–water partition coefficient (Wildman–Crippen LogP) is 3.72. The normalized spacial score (nSPS) is 16.6. The number of carbonyl (C=O) groups excluding carboxylic acids is 2. The van der Waals surface area contributed by atoms with Crippen LogP contribution in [0.2, 0.25) is 0 Å². The molecule has 1 saturated heterocycles. The summed E-state index contributed by atoms with van der Waals surface area (Å²) in [7, 11) is 0. The lowest BCUT2D eigenvalue weighted by atomic mass is 10.1. The Hall–Kier alpha value is -4.83. The first-order valence-electron chi connectivity index (χ1n) is 12.8. The van der Waals surface area contributed by atoms with Gasteiger partial charge in [-0.2, -0.15) is 0 Å². The van der Waals surface area contributed by atoms with Crippen LogP contribution in [0.25, 0.3) is 0 Å². The number of likely N-dealkylation sites (tertiary alicyclic amines) is 1. The zero-order chi connectivity index (χ0) is 28.1. The van der Waals surface area contributed by atoms with Gasteiger partial charge in [0.1, 0.15) is 11.6 Å². The summed E-state index contributed by atoms with van der Waals surface area (Å²) in [6.45, 7) is 0.601. The molecule has 2 atom stereocenters. The zero-order valence-corrected chi connectivity index (χ0v) is 21.4. The monoisotopic (exact) mass is 542 g/mol. The first-order chi connectivity index (χ1) is 19.4. The summed E-state index contributed by atoms with van der Waals surface area (Å²) in [5.74, 6) is -2.26. The molecule has 10 heteroatoms. The number of aromatic hydroxyl groups is 1. The van der Waals surface area contributed by atoms with Crippen molar-refractivity contribution in [3.8, 4) is 5.75 Å². The van der Waals surface area contributed by atoms with Crippen LogP contribution in [-0.4, -0.2) is 44.4 Å². The average molecular weight is 543 g/mol. The fourth-order valence-corrected chi connectivity index (χ4v) is 4.61. The summed E-state index contributed by atoms with van der Waals surface area (Å²) in [5, 5.41) is 12.9. The number of hydrogen-bond acceptors (Lipinski definition) is 6. The van der Waals surface area contributed by atoms with Crippen molar-refractivity contribution in [3.05, 3.63) is 129 Å². The Morgan fingerprint density at radius 1 is 1.00 bits per heavy atom. The minimum Gasteiger partial charge on any atom is -0.501 e. The van der Waals surface area contributed by atoms with Crippen molar-refractivity contribution in [3.63, 3.8) is 0 Å². The number of ether oxygens (including phenoxy) is 1. The molecule has 9 nitrogen and oxygen atoms in total. The molecule has 4 aromatic rings. The Morgan fingerprint density at radius 2 is 1.68 bits per heavy atom. The van der Waals surface area contributed by atoms with Crippen molar-refractivity contribution in [2.75, 3.05) is 6.54 Å². The molecule has 2 unspecified atom stereocenters. The number of amides is 2. The highest BCUT2D eigenvalue weighted by Crippen LogP contribution is 2.33. The molecule has 5 rings (SSSR count). The minimum absolute atomic E-state index is 0.0276. The van der Waals surface area contributed by atoms with Crippen molar-refractivity contribution in [1.82, 2.24) is 20.2 Å². The van der Waals surface area contributed by atoms with Crippen LogP contribution in [-0.2, 0) is 17.9 Å². The Bertz CT molecular complexity index is 1540. The maximum Gasteiger partial charge on any atom is 0.294 e. The van der Waals surface area contributed by atoms with Gasteiger partial charge in [-0.25, -0.2) is 9.37 Å². The lowest BCUT2D eigenvalue weighted by Gasteiger charge is -2.24. The van der Waals surface area contributed by atoms with Gasteiger partial charge in [-0.1, -0.05) is 60.7 Å². The van der Waals surface area contributed by atoms with E-state index in [1.165, 1.54) is 24.3 Å². The Kier molecular flexibility index (Phi) is 7.97. The van der Waals surface area contributed by atoms with Crippen LogP contribution >= 0.6 is 0 Å². The molecule has 1 fully saturated rings. The highest BCUT2D eigenvalue weighted by Gasteiger charge is 2.39. The van der Waals surface area contributed by atoms with Crippen molar-refractivity contribution >= 4 is 11.8 Å². The van der Waals surface area contributed by atoms with Gasteiger partial charge in [0.15, 0.2) is 5.69 Å². The summed E-state index contributed by atoms with van der Waals surface area (Å²) in [6.07, 6.45) is -0.0526. The van der Waals surface area contributed by atoms with E-state index in [-0.39, 0.29) is 30.9 Å². The molecule has 40 heavy (non-hydrogen) atoms. The van der Waals surface area contributed by atoms with E-state index < -0.39 is 34.8 Å². The fraction of sp³-hybridized carbons (Fsp3) is 0.200. The summed E-state index contributed by atoms with van der Waals surface area (Å²) < 4.78 is 19.3. The molecule has 2 amide bonds. The number of halogens is 1. The highest BCUT2D eigenvalue weighted by atomic mass is 19.1. The van der Waals surface area contributed by atoms with Gasteiger partial charge in [-0.15, -0.1) is 0 Å². The quantitative estimate of drug-likeness (QED) is 0.312. The first kappa shape index (κ1) is 26.8. The Balaban J connectivity index is 1.40. The van der Waals surface area contributed by atoms with Gasteiger partial charge in [-0.05, 0) is 35.4 Å². The average Bonchev–Trinajstić information content (AvgIpc) is 3.42. The molecular weight excluding hydrogens is 515 g/mol. The molecule has 0 bridgehead atoms. The third-order valence-electron chi connectivity index (χ3n) is 6.68. The van der Waals surface area contributed by atoms with E-state index >= 15 is 0 Å². The third-order valence-corrected chi connectivity index (χ3v) is 6.68. The number of aromatic amines is 1. The smallest absolute Gasteiger partial charge is 0.294 e. The first-order valence-corrected chi connectivity index (χ1v) is 12.8. The maximum absolute atomic E-state index is 13.5. The van der Waals surface area contributed by atoms with Crippen LogP contribution in [0, 0.1) is 5.82 Å². The molecule has 0 spiro atoms. The largest absolute Gasteiger partial charge is 0.501 e. The van der Waals surface area contributed by atoms with Crippen LogP contribution in [0.5, 0.6) is 5.75 Å². The second-order valence-electron chi connectivity index (χ2n) is 9.45. The summed E-state index contributed by atoms with van der Waals surface area (Å²) in [6, 6.07) is 23.1. The highest BCUT2D eigenvalue weighted by molar-refractivity contribution is 5.95. The van der Waals surface area contributed by atoms with Gasteiger partial charge < -0.3 is 25.0 Å². The summed E-state index contributed by atoms with van der Waals surface area (Å²) >= 11 is 0. The molecule has 1 aromatic heterocycles. The van der Waals surface area contributed by atoms with E-state index in [0.29, 0.717) is 24.2 Å². The Labute approximate surface area is 229 Å². The van der Waals surface area contributed by atoms with Crippen LogP contribution in [0.4, 0.5) is 4.39 Å². The number of benzene rings is 3. The van der Waals surface area contributed by atoms with E-state index in [0.717, 1.165) is 5.56 Å². The minimum atomic E-state index is -0.905. The molecule has 1 aliphatic heterocycles. The van der Waals surface area contributed by atoms with Crippen molar-refractivity contribution in [2.45, 2.75) is 31.7 Å². The number of hydrogen-bond donors (Lipinski definition) is 3. The van der Waals surface area contributed by atoms with Gasteiger partial charge in [0.05, 0.1) is 18.8 Å². The molecule has 0 aliphatic carbocycles. The molecule has 3 aromatic carbocycles. The SMILES string of the molecule is O=C(NCc1ccc(F)cc1)c1nc(C2CC(OCc3ccccc3)CN2C(=O)c2ccccc2)[nH]c(=O)c1O. The van der Waals surface area contributed by atoms with Gasteiger partial charge >= 0.3 is 0 Å². The third kappa shape index (κ3) is 6.08. The summed E-state index contributed by atoms with van der Waals surface area (Å²) in [5.41, 5.74) is 0.672. The van der Waals surface area contributed by atoms with Gasteiger partial charge in [0.25, 0.3) is 17.4 Å². The maximum atomic E-state index is 13.5. The zero-order valence-electron chi connectivity index (χ0n) is 21.4. The molecule has 204 valence electrons. The van der Waals surface area contributed by atoms with Gasteiger partial charge in [0.2, 0.25) is 5.75 Å². The molecule has 0 radical (unpaired) electrons. The van der Waals surface area contributed by atoms with Crippen LogP contribution < -0.4 is 10.9 Å². The Morgan fingerprint density at radius 3 is 2.38 bits per heavy atom. The summed E-state index contributed by atoms with van der Waals surface area (Å²) in [4.78, 5) is 47.5. The van der Waals surface area contributed by atoms with Crippen molar-refractivity contribution in [2.24, 2.45) is 0 Å². The van der Waals surface area contributed by atoms with E-state index in [1.54, 1.807) is 35.2 Å². The van der Waals surface area contributed by atoms with E-state index in [2.05, 4.69) is 15.3 Å². The van der Waals surface area contributed by atoms with Crippen LogP contribution in [0.1, 0.15) is 50.3 Å². The second-order valence-corrected chi connectivity index (χ2v) is 9.45. The van der Waals surface area contributed by atoms with E-state index in [9.17, 15) is 23.9 Å².